The molecule has 106 valence electrons. The lowest BCUT2D eigenvalue weighted by Gasteiger charge is -2.05. The summed E-state index contributed by atoms with van der Waals surface area (Å²) in [5.74, 6) is 1.27. The lowest BCUT2D eigenvalue weighted by molar-refractivity contribution is 1.04. The normalized spacial score (nSPS) is 11.0. The van der Waals surface area contributed by atoms with Crippen LogP contribution in [0.25, 0.3) is 10.9 Å². The zero-order valence-electron chi connectivity index (χ0n) is 11.4. The molecule has 5 heteroatoms. The number of para-hydroxylation sites is 1. The molecular weight excluding hydrogens is 304 g/mol. The zero-order valence-corrected chi connectivity index (χ0v) is 13.0. The molecule has 0 unspecified atom stereocenters. The van der Waals surface area contributed by atoms with E-state index in [-0.39, 0.29) is 5.56 Å². The summed E-state index contributed by atoms with van der Waals surface area (Å²) in [5.41, 5.74) is 1.68. The van der Waals surface area contributed by atoms with Gasteiger partial charge in [0, 0.05) is 9.92 Å². The van der Waals surface area contributed by atoms with Crippen LogP contribution in [-0.2, 0) is 5.75 Å². The Labute approximate surface area is 131 Å². The Hall–Kier alpha value is -1.78. The van der Waals surface area contributed by atoms with Gasteiger partial charge in [-0.3, -0.25) is 4.79 Å². The number of thioether (sulfide) groups is 1. The van der Waals surface area contributed by atoms with Crippen LogP contribution < -0.4 is 5.56 Å². The number of aromatic amines is 1. The van der Waals surface area contributed by atoms with Crippen LogP contribution in [0.15, 0.2) is 52.2 Å². The Morgan fingerprint density at radius 3 is 2.86 bits per heavy atom. The molecule has 0 radical (unpaired) electrons. The Kier molecular flexibility index (Phi) is 3.99. The van der Waals surface area contributed by atoms with Crippen LogP contribution in [0.2, 0.25) is 5.02 Å². The lowest BCUT2D eigenvalue weighted by Crippen LogP contribution is -2.11. The minimum absolute atomic E-state index is 0.0922. The summed E-state index contributed by atoms with van der Waals surface area (Å²) in [5, 5.41) is 1.34. The van der Waals surface area contributed by atoms with E-state index in [1.54, 1.807) is 17.8 Å². The number of nitrogens with one attached hydrogen (secondary N) is 1. The van der Waals surface area contributed by atoms with Gasteiger partial charge in [-0.2, -0.15) is 0 Å². The molecule has 0 spiro atoms. The number of aryl methyl sites for hydroxylation is 1. The summed E-state index contributed by atoms with van der Waals surface area (Å²) >= 11 is 7.56. The molecule has 0 fully saturated rings. The summed E-state index contributed by atoms with van der Waals surface area (Å²) in [6.07, 6.45) is 0. The van der Waals surface area contributed by atoms with Crippen molar-refractivity contribution in [3.05, 3.63) is 69.2 Å². The Morgan fingerprint density at radius 1 is 1.24 bits per heavy atom. The van der Waals surface area contributed by atoms with Crippen LogP contribution in [0.1, 0.15) is 11.4 Å². The van der Waals surface area contributed by atoms with Crippen molar-refractivity contribution in [1.82, 2.24) is 9.97 Å². The quantitative estimate of drug-likeness (QED) is 0.737. The highest BCUT2D eigenvalue weighted by Crippen LogP contribution is 2.24. The molecule has 0 aliphatic rings. The lowest BCUT2D eigenvalue weighted by atomic mass is 10.1. The minimum atomic E-state index is -0.0922. The molecule has 0 saturated carbocycles. The SMILES string of the molecule is Cc1cccc2c(=O)[nH]c(CSc3cccc(Cl)c3)nc12. The Morgan fingerprint density at radius 2 is 2.05 bits per heavy atom. The smallest absolute Gasteiger partial charge is 0.258 e. The molecule has 21 heavy (non-hydrogen) atoms. The first-order chi connectivity index (χ1) is 10.1. The van der Waals surface area contributed by atoms with E-state index < -0.39 is 0 Å². The van der Waals surface area contributed by atoms with E-state index in [1.165, 1.54) is 0 Å². The fourth-order valence-corrected chi connectivity index (χ4v) is 3.21. The number of hydrogen-bond acceptors (Lipinski definition) is 3. The maximum Gasteiger partial charge on any atom is 0.258 e. The molecule has 2 aromatic carbocycles. The second-order valence-electron chi connectivity index (χ2n) is 4.73. The molecule has 3 aromatic rings. The number of halogens is 1. The number of rotatable bonds is 3. The molecule has 0 saturated heterocycles. The van der Waals surface area contributed by atoms with Gasteiger partial charge in [0.2, 0.25) is 0 Å². The van der Waals surface area contributed by atoms with Crippen LogP contribution in [0.4, 0.5) is 0 Å². The first-order valence-electron chi connectivity index (χ1n) is 6.50. The Balaban J connectivity index is 1.91. The van der Waals surface area contributed by atoms with Gasteiger partial charge >= 0.3 is 0 Å². The van der Waals surface area contributed by atoms with Crippen LogP contribution >= 0.6 is 23.4 Å². The van der Waals surface area contributed by atoms with Gasteiger partial charge in [0.15, 0.2) is 0 Å². The molecule has 1 heterocycles. The van der Waals surface area contributed by atoms with Crippen molar-refractivity contribution < 1.29 is 0 Å². The van der Waals surface area contributed by atoms with E-state index in [1.807, 2.05) is 43.3 Å². The van der Waals surface area contributed by atoms with Crippen molar-refractivity contribution >= 4 is 34.3 Å². The second kappa shape index (κ2) is 5.92. The van der Waals surface area contributed by atoms with Crippen molar-refractivity contribution in [3.8, 4) is 0 Å². The summed E-state index contributed by atoms with van der Waals surface area (Å²) < 4.78 is 0. The fraction of sp³-hybridized carbons (Fsp3) is 0.125. The summed E-state index contributed by atoms with van der Waals surface area (Å²) in [7, 11) is 0. The van der Waals surface area contributed by atoms with E-state index in [9.17, 15) is 4.79 Å². The van der Waals surface area contributed by atoms with Crippen molar-refractivity contribution in [2.45, 2.75) is 17.6 Å². The van der Waals surface area contributed by atoms with Crippen molar-refractivity contribution in [3.63, 3.8) is 0 Å². The van der Waals surface area contributed by atoms with Gasteiger partial charge in [0.1, 0.15) is 5.82 Å². The number of H-pyrrole nitrogens is 1. The van der Waals surface area contributed by atoms with Gasteiger partial charge in [0.25, 0.3) is 5.56 Å². The van der Waals surface area contributed by atoms with E-state index >= 15 is 0 Å². The molecule has 1 N–H and O–H groups in total. The molecule has 0 aliphatic carbocycles. The molecule has 1 aromatic heterocycles. The van der Waals surface area contributed by atoms with Crippen molar-refractivity contribution in [2.24, 2.45) is 0 Å². The van der Waals surface area contributed by atoms with Crippen LogP contribution in [0.3, 0.4) is 0 Å². The molecule has 0 bridgehead atoms. The third-order valence-electron chi connectivity index (χ3n) is 3.16. The van der Waals surface area contributed by atoms with Gasteiger partial charge in [-0.25, -0.2) is 4.98 Å². The third-order valence-corrected chi connectivity index (χ3v) is 4.40. The number of aromatic nitrogens is 2. The first-order valence-corrected chi connectivity index (χ1v) is 7.87. The van der Waals surface area contributed by atoms with E-state index in [2.05, 4.69) is 9.97 Å². The molecule has 0 aliphatic heterocycles. The highest BCUT2D eigenvalue weighted by molar-refractivity contribution is 7.98. The van der Waals surface area contributed by atoms with Crippen molar-refractivity contribution in [2.75, 3.05) is 0 Å². The average Bonchev–Trinajstić information content (AvgIpc) is 2.46. The minimum Gasteiger partial charge on any atom is -0.309 e. The topological polar surface area (TPSA) is 45.8 Å². The largest absolute Gasteiger partial charge is 0.309 e. The number of hydrogen-bond donors (Lipinski definition) is 1. The van der Waals surface area contributed by atoms with E-state index in [0.717, 1.165) is 16.0 Å². The summed E-state index contributed by atoms with van der Waals surface area (Å²) in [4.78, 5) is 20.5. The zero-order chi connectivity index (χ0) is 14.8. The standard InChI is InChI=1S/C16H13ClN2OS/c1-10-4-2-7-13-15(10)18-14(19-16(13)20)9-21-12-6-3-5-11(17)8-12/h2-8H,9H2,1H3,(H,18,19,20). The Bertz CT molecular complexity index is 860. The van der Waals surface area contributed by atoms with Gasteiger partial charge in [-0.15, -0.1) is 11.8 Å². The predicted octanol–water partition coefficient (Wildman–Crippen LogP) is 4.18. The molecule has 0 amide bonds. The molecular formula is C16H13ClN2OS. The van der Waals surface area contributed by atoms with E-state index in [4.69, 9.17) is 11.6 Å². The highest BCUT2D eigenvalue weighted by Gasteiger charge is 2.06. The third kappa shape index (κ3) is 3.12. The number of fused-ring (bicyclic) bond motifs is 1. The molecule has 0 atom stereocenters. The van der Waals surface area contributed by atoms with Gasteiger partial charge in [-0.05, 0) is 36.8 Å². The monoisotopic (exact) mass is 316 g/mol. The number of nitrogens with zero attached hydrogens (tertiary/aromatic N) is 1. The molecule has 3 nitrogen and oxygen atoms in total. The van der Waals surface area contributed by atoms with Crippen molar-refractivity contribution in [1.29, 1.82) is 0 Å². The highest BCUT2D eigenvalue weighted by atomic mass is 35.5. The summed E-state index contributed by atoms with van der Waals surface area (Å²) in [6, 6.07) is 13.3. The van der Waals surface area contributed by atoms with Gasteiger partial charge in [-0.1, -0.05) is 29.8 Å². The van der Waals surface area contributed by atoms with Gasteiger partial charge < -0.3 is 4.98 Å². The molecule has 3 rings (SSSR count). The van der Waals surface area contributed by atoms with Crippen LogP contribution in [0.5, 0.6) is 0 Å². The predicted molar refractivity (Wildman–Crippen MR) is 88.1 cm³/mol. The van der Waals surface area contributed by atoms with E-state index in [0.29, 0.717) is 22.0 Å². The van der Waals surface area contributed by atoms with Crippen LogP contribution in [0, 0.1) is 6.92 Å². The summed E-state index contributed by atoms with van der Waals surface area (Å²) in [6.45, 7) is 1.96. The maximum absolute atomic E-state index is 12.1. The maximum atomic E-state index is 12.1. The average molecular weight is 317 g/mol. The van der Waals surface area contributed by atoms with Gasteiger partial charge in [0.05, 0.1) is 16.7 Å². The first kappa shape index (κ1) is 14.2. The van der Waals surface area contributed by atoms with Crippen LogP contribution in [-0.4, -0.2) is 9.97 Å². The fourth-order valence-electron chi connectivity index (χ4n) is 2.13. The number of benzene rings is 2. The second-order valence-corrected chi connectivity index (χ2v) is 6.21.